The summed E-state index contributed by atoms with van der Waals surface area (Å²) in [6.07, 6.45) is 32.2. The molecule has 10 aromatic carbocycles. The minimum Gasteiger partial charge on any atom is -0.232 e. The van der Waals surface area contributed by atoms with Gasteiger partial charge in [-0.2, -0.15) is 0 Å². The lowest BCUT2D eigenvalue weighted by Gasteiger charge is -2.25. The SMILES string of the molecule is Cc1cc(-c2c3cccc(C4CCCC4)c3nc[n+]2C)c(C)cc1F.Cc1ccc(C)c(-c2c3cc(C4CCC4)ccc3nc[n+]2C)c1.Cc1ccc(C)c(-c2c3cc(C4CCCC4)ccc3nc[n+]2C)c1.Cc1ccc(C)c(-c2c3ccc(C4CCC4)cc3nc[n+]2C)c1.Cc1ccc(C)c(-c2c3cccc(C4CCC4)c3nc[n+]2C)c1. The molecule has 0 N–H and O–H groups in total. The van der Waals surface area contributed by atoms with E-state index in [0.717, 1.165) is 62.0 Å². The minimum atomic E-state index is -0.145. The molecule has 598 valence electrons. The Morgan fingerprint density at radius 3 is 0.941 bits per heavy atom. The topological polar surface area (TPSA) is 83.8 Å². The Balaban J connectivity index is 0.000000110. The first-order valence-electron chi connectivity index (χ1n) is 43.6. The van der Waals surface area contributed by atoms with Gasteiger partial charge in [-0.25, -0.2) is 27.2 Å². The zero-order valence-corrected chi connectivity index (χ0v) is 72.4. The molecule has 11 heteroatoms. The lowest BCUT2D eigenvalue weighted by molar-refractivity contribution is -0.662. The highest BCUT2D eigenvalue weighted by Crippen LogP contribution is 2.45. The van der Waals surface area contributed by atoms with Crippen LogP contribution in [0.1, 0.15) is 222 Å². The molecule has 0 aliphatic heterocycles. The molecule has 0 amide bonds. The van der Waals surface area contributed by atoms with Crippen molar-refractivity contribution in [3.8, 4) is 56.3 Å². The zero-order chi connectivity index (χ0) is 82.2. The molecular formula is C107H118FN10+5. The zero-order valence-electron chi connectivity index (χ0n) is 72.4. The molecule has 0 saturated heterocycles. The third-order valence-corrected chi connectivity index (χ3v) is 26.7. The lowest BCUT2D eigenvalue weighted by Crippen LogP contribution is -2.32. The van der Waals surface area contributed by atoms with E-state index in [-0.39, 0.29) is 5.82 Å². The molecule has 5 saturated carbocycles. The molecule has 5 aliphatic carbocycles. The fraction of sp³-hybridized carbons (Fsp3) is 0.346. The van der Waals surface area contributed by atoms with Gasteiger partial charge in [0.2, 0.25) is 0 Å². The molecule has 0 radical (unpaired) electrons. The van der Waals surface area contributed by atoms with Crippen LogP contribution in [-0.2, 0) is 35.2 Å². The average Bonchev–Trinajstić information content (AvgIpc) is 0.801. The number of hydrogen-bond acceptors (Lipinski definition) is 5. The molecular weight excluding hydrogens is 1440 g/mol. The van der Waals surface area contributed by atoms with Gasteiger partial charge >= 0.3 is 0 Å². The van der Waals surface area contributed by atoms with Crippen LogP contribution in [0.4, 0.5) is 4.39 Å². The van der Waals surface area contributed by atoms with Gasteiger partial charge in [-0.05, 0) is 323 Å². The molecule has 5 aromatic heterocycles. The van der Waals surface area contributed by atoms with Crippen LogP contribution < -0.4 is 22.8 Å². The molecule has 15 aromatic rings. The number of aromatic nitrogens is 10. The van der Waals surface area contributed by atoms with Gasteiger partial charge in [0.25, 0.3) is 31.6 Å². The van der Waals surface area contributed by atoms with Crippen molar-refractivity contribution in [1.29, 1.82) is 0 Å². The van der Waals surface area contributed by atoms with Crippen LogP contribution in [-0.4, -0.2) is 24.9 Å². The fourth-order valence-electron chi connectivity index (χ4n) is 19.1. The summed E-state index contributed by atoms with van der Waals surface area (Å²) in [5.41, 5.74) is 37.4. The molecule has 0 atom stereocenters. The molecule has 5 fully saturated rings. The molecule has 0 unspecified atom stereocenters. The van der Waals surface area contributed by atoms with E-state index in [0.29, 0.717) is 17.4 Å². The second kappa shape index (κ2) is 34.8. The lowest BCUT2D eigenvalue weighted by atomic mass is 9.79. The van der Waals surface area contributed by atoms with E-state index < -0.39 is 0 Å². The van der Waals surface area contributed by atoms with Gasteiger partial charge in [0, 0.05) is 38.9 Å². The van der Waals surface area contributed by atoms with E-state index in [9.17, 15) is 4.39 Å². The highest BCUT2D eigenvalue weighted by molar-refractivity contribution is 5.97. The first-order chi connectivity index (χ1) is 57.1. The van der Waals surface area contributed by atoms with Crippen LogP contribution in [0, 0.1) is 75.1 Å². The number of hydrogen-bond donors (Lipinski definition) is 0. The number of fused-ring (bicyclic) bond motifs is 5. The van der Waals surface area contributed by atoms with Gasteiger partial charge < -0.3 is 0 Å². The standard InChI is InChI=1S/C22H24FN2.C22H25N2.3C21H23N2/c1-14-12-20(23)15(2)11-19(14)22-18-10-6-9-17(16-7-4-5-8-16)21(18)24-13-25(22)3;1-15-8-9-16(2)19(12-15)22-20-13-18(17-6-4-5-7-17)10-11-21(20)23-14-24(22)3;1-14-10-11-15(2)19(12-14)21-18-9-5-8-17(16-6-4-7-16)20(18)22-13-23(21)3;1-14-7-8-15(2)18(11-14)21-19-12-17(16-5-4-6-16)9-10-20(19)22-13-23(21)3;1-14-7-8-15(2)19(11-14)21-18-10-9-17(16-5-4-6-16)12-20(18)22-13-23(21)3/h6,9-13,16H,4-5,7-8H2,1-3H3;8-14,17H,4-7H2,1-3H3;5,8-13,16H,4,6-7H2,1-3H3;2*7-13,16H,4-6H2,1-3H3/q5*+1. The van der Waals surface area contributed by atoms with E-state index in [2.05, 4.69) is 285 Å². The Hall–Kier alpha value is -11.2. The van der Waals surface area contributed by atoms with Gasteiger partial charge in [0.15, 0.2) is 27.6 Å². The van der Waals surface area contributed by atoms with Gasteiger partial charge in [0.05, 0.1) is 62.2 Å². The largest absolute Gasteiger partial charge is 0.287 e. The Morgan fingerprint density at radius 2 is 0.568 bits per heavy atom. The monoisotopic (exact) mass is 1560 g/mol. The van der Waals surface area contributed by atoms with E-state index in [1.807, 2.05) is 58.6 Å². The second-order valence-corrected chi connectivity index (χ2v) is 35.4. The van der Waals surface area contributed by atoms with E-state index >= 15 is 0 Å². The number of halogens is 1. The van der Waals surface area contributed by atoms with Gasteiger partial charge in [-0.15, -0.1) is 0 Å². The van der Waals surface area contributed by atoms with Crippen LogP contribution >= 0.6 is 0 Å². The molecule has 5 aliphatic rings. The maximum atomic E-state index is 13.9. The van der Waals surface area contributed by atoms with Gasteiger partial charge in [0.1, 0.15) is 34.3 Å². The van der Waals surface area contributed by atoms with E-state index in [1.54, 1.807) is 6.07 Å². The maximum Gasteiger partial charge on any atom is 0.287 e. The summed E-state index contributed by atoms with van der Waals surface area (Å²) in [7, 11) is 10.4. The third kappa shape index (κ3) is 16.6. The Bertz CT molecular complexity index is 6250. The number of nitrogens with zero attached hydrogens (tertiary/aromatic N) is 10. The number of para-hydroxylation sites is 2. The highest BCUT2D eigenvalue weighted by Gasteiger charge is 2.31. The average molecular weight is 1560 g/mol. The third-order valence-electron chi connectivity index (χ3n) is 26.7. The molecule has 0 spiro atoms. The van der Waals surface area contributed by atoms with Crippen molar-refractivity contribution in [2.45, 2.75) is 208 Å². The van der Waals surface area contributed by atoms with Crippen molar-refractivity contribution in [1.82, 2.24) is 24.9 Å². The summed E-state index contributed by atoms with van der Waals surface area (Å²) in [6.45, 7) is 21.2. The molecule has 20 rings (SSSR count). The summed E-state index contributed by atoms with van der Waals surface area (Å²) < 4.78 is 24.6. The van der Waals surface area contributed by atoms with Crippen LogP contribution in [0.15, 0.2) is 208 Å². The van der Waals surface area contributed by atoms with E-state index in [4.69, 9.17) is 9.97 Å². The van der Waals surface area contributed by atoms with Crippen LogP contribution in [0.25, 0.3) is 111 Å². The summed E-state index contributed by atoms with van der Waals surface area (Å²) in [6, 6.07) is 64.2. The quantitative estimate of drug-likeness (QED) is 0.127. The first-order valence-corrected chi connectivity index (χ1v) is 43.6. The van der Waals surface area contributed by atoms with Crippen molar-refractivity contribution in [2.75, 3.05) is 0 Å². The first kappa shape index (κ1) is 80.6. The number of rotatable bonds is 10. The van der Waals surface area contributed by atoms with Crippen LogP contribution in [0.5, 0.6) is 0 Å². The molecule has 5 heterocycles. The number of benzene rings is 10. The molecule has 118 heavy (non-hydrogen) atoms. The summed E-state index contributed by atoms with van der Waals surface area (Å²) in [4.78, 5) is 23.5. The predicted molar refractivity (Wildman–Crippen MR) is 481 cm³/mol. The minimum absolute atomic E-state index is 0.145. The Morgan fingerprint density at radius 1 is 0.254 bits per heavy atom. The summed E-state index contributed by atoms with van der Waals surface area (Å²) in [5.74, 6) is 3.40. The van der Waals surface area contributed by atoms with Crippen LogP contribution in [0.3, 0.4) is 0 Å². The fourth-order valence-corrected chi connectivity index (χ4v) is 19.1. The normalized spacial score (nSPS) is 15.1. The Labute approximate surface area is 698 Å². The maximum absolute atomic E-state index is 13.9. The summed E-state index contributed by atoms with van der Waals surface area (Å²) >= 11 is 0. The van der Waals surface area contributed by atoms with Crippen molar-refractivity contribution >= 4 is 54.5 Å². The number of aryl methyl sites for hydroxylation is 15. The van der Waals surface area contributed by atoms with Crippen molar-refractivity contribution in [3.05, 3.63) is 297 Å². The van der Waals surface area contributed by atoms with Crippen molar-refractivity contribution in [2.24, 2.45) is 35.2 Å². The smallest absolute Gasteiger partial charge is 0.232 e. The molecule has 10 nitrogen and oxygen atoms in total. The van der Waals surface area contributed by atoms with Gasteiger partial charge in [-0.1, -0.05) is 158 Å². The van der Waals surface area contributed by atoms with Crippen LogP contribution in [0.2, 0.25) is 0 Å². The molecule has 0 bridgehead atoms. The van der Waals surface area contributed by atoms with E-state index in [1.165, 1.54) is 254 Å². The Kier molecular flexibility index (Phi) is 23.8. The predicted octanol–water partition coefficient (Wildman–Crippen LogP) is 24.0. The van der Waals surface area contributed by atoms with Crippen molar-refractivity contribution in [3.63, 3.8) is 0 Å². The summed E-state index contributed by atoms with van der Waals surface area (Å²) in [5, 5.41) is 6.22. The van der Waals surface area contributed by atoms with Gasteiger partial charge in [-0.3, -0.25) is 0 Å². The second-order valence-electron chi connectivity index (χ2n) is 35.4. The van der Waals surface area contributed by atoms with Crippen molar-refractivity contribution < 1.29 is 27.2 Å². The highest BCUT2D eigenvalue weighted by atomic mass is 19.1.